The molecule has 21 heavy (non-hydrogen) atoms. The van der Waals surface area contributed by atoms with Crippen molar-refractivity contribution in [2.75, 3.05) is 20.2 Å². The third-order valence-corrected chi connectivity index (χ3v) is 3.09. The van der Waals surface area contributed by atoms with E-state index in [-0.39, 0.29) is 11.7 Å². The number of rotatable bonds is 5. The van der Waals surface area contributed by atoms with Crippen molar-refractivity contribution < 1.29 is 28.0 Å². The maximum Gasteiger partial charge on any atom is 0.387 e. The molecule has 0 spiro atoms. The van der Waals surface area contributed by atoms with E-state index in [2.05, 4.69) is 4.74 Å². The Morgan fingerprint density at radius 2 is 2.14 bits per heavy atom. The number of methoxy groups -OCH3 is 1. The number of nitrogens with zero attached hydrogens (tertiary/aromatic N) is 2. The van der Waals surface area contributed by atoms with Gasteiger partial charge < -0.3 is 14.4 Å². The highest BCUT2D eigenvalue weighted by Gasteiger charge is 2.32. The summed E-state index contributed by atoms with van der Waals surface area (Å²) in [6.45, 7) is -2.44. The summed E-state index contributed by atoms with van der Waals surface area (Å²) >= 11 is 0. The van der Waals surface area contributed by atoms with Crippen molar-refractivity contribution in [3.8, 4) is 5.75 Å². The first-order chi connectivity index (χ1) is 9.92. The molecule has 1 amide bonds. The molecule has 1 heterocycles. The molecular formula is C12H12F2N2O5. The smallest absolute Gasteiger partial charge is 0.387 e. The van der Waals surface area contributed by atoms with E-state index >= 15 is 0 Å². The SMILES string of the molecule is COC1CN(C(=O)c2ccc([N+](=O)[O-])c(OC(F)F)c2)C1. The summed E-state index contributed by atoms with van der Waals surface area (Å²) in [6, 6.07) is 3.13. The molecule has 9 heteroatoms. The lowest BCUT2D eigenvalue weighted by Crippen LogP contribution is -2.54. The Morgan fingerprint density at radius 3 is 2.67 bits per heavy atom. The van der Waals surface area contributed by atoms with E-state index in [1.807, 2.05) is 0 Å². The van der Waals surface area contributed by atoms with E-state index in [1.54, 1.807) is 0 Å². The van der Waals surface area contributed by atoms with Crippen LogP contribution in [-0.4, -0.2) is 48.6 Å². The zero-order chi connectivity index (χ0) is 15.6. The number of amides is 1. The number of halogens is 2. The molecule has 1 saturated heterocycles. The average Bonchev–Trinajstić information content (AvgIpc) is 2.36. The number of hydrogen-bond donors (Lipinski definition) is 0. The second-order valence-corrected chi connectivity index (χ2v) is 4.39. The van der Waals surface area contributed by atoms with Gasteiger partial charge in [0.1, 0.15) is 0 Å². The van der Waals surface area contributed by atoms with E-state index in [0.29, 0.717) is 13.1 Å². The lowest BCUT2D eigenvalue weighted by molar-refractivity contribution is -0.386. The lowest BCUT2D eigenvalue weighted by atomic mass is 10.1. The summed E-state index contributed by atoms with van der Waals surface area (Å²) in [6.07, 6.45) is -0.0521. The van der Waals surface area contributed by atoms with Crippen LogP contribution in [0.4, 0.5) is 14.5 Å². The van der Waals surface area contributed by atoms with Gasteiger partial charge in [-0.25, -0.2) is 0 Å². The highest BCUT2D eigenvalue weighted by atomic mass is 19.3. The molecule has 0 unspecified atom stereocenters. The Labute approximate surface area is 118 Å². The largest absolute Gasteiger partial charge is 0.427 e. The number of hydrogen-bond acceptors (Lipinski definition) is 5. The monoisotopic (exact) mass is 302 g/mol. The fourth-order valence-electron chi connectivity index (χ4n) is 1.92. The van der Waals surface area contributed by atoms with Crippen molar-refractivity contribution in [3.05, 3.63) is 33.9 Å². The first kappa shape index (κ1) is 15.1. The van der Waals surface area contributed by atoms with Gasteiger partial charge in [-0.2, -0.15) is 8.78 Å². The van der Waals surface area contributed by atoms with Crippen LogP contribution in [0.2, 0.25) is 0 Å². The minimum absolute atomic E-state index is 0.0470. The van der Waals surface area contributed by atoms with E-state index in [4.69, 9.17) is 4.74 Å². The molecular weight excluding hydrogens is 290 g/mol. The molecule has 0 saturated carbocycles. The summed E-state index contributed by atoms with van der Waals surface area (Å²) in [7, 11) is 1.52. The number of carbonyl (C=O) groups is 1. The maximum atomic E-state index is 12.3. The van der Waals surface area contributed by atoms with Crippen LogP contribution in [0.25, 0.3) is 0 Å². The van der Waals surface area contributed by atoms with Crippen LogP contribution in [0.5, 0.6) is 5.75 Å². The van der Waals surface area contributed by atoms with Crippen molar-refractivity contribution in [1.82, 2.24) is 4.90 Å². The molecule has 1 aliphatic heterocycles. The van der Waals surface area contributed by atoms with Gasteiger partial charge in [-0.1, -0.05) is 0 Å². The predicted octanol–water partition coefficient (Wildman–Crippen LogP) is 1.67. The molecule has 0 bridgehead atoms. The molecule has 0 N–H and O–H groups in total. The van der Waals surface area contributed by atoms with Gasteiger partial charge >= 0.3 is 12.3 Å². The highest BCUT2D eigenvalue weighted by Crippen LogP contribution is 2.30. The van der Waals surface area contributed by atoms with Crippen LogP contribution in [0.3, 0.4) is 0 Å². The molecule has 2 rings (SSSR count). The maximum absolute atomic E-state index is 12.3. The number of likely N-dealkylation sites (tertiary alicyclic amines) is 1. The molecule has 0 aliphatic carbocycles. The van der Waals surface area contributed by atoms with E-state index in [1.165, 1.54) is 18.1 Å². The highest BCUT2D eigenvalue weighted by molar-refractivity contribution is 5.95. The third-order valence-electron chi connectivity index (χ3n) is 3.09. The van der Waals surface area contributed by atoms with Crippen molar-refractivity contribution >= 4 is 11.6 Å². The van der Waals surface area contributed by atoms with Crippen LogP contribution >= 0.6 is 0 Å². The summed E-state index contributed by atoms with van der Waals surface area (Å²) in [5, 5.41) is 10.7. The zero-order valence-electron chi connectivity index (χ0n) is 11.0. The quantitative estimate of drug-likeness (QED) is 0.610. The van der Waals surface area contributed by atoms with Crippen LogP contribution < -0.4 is 4.74 Å². The van der Waals surface area contributed by atoms with Crippen molar-refractivity contribution in [2.24, 2.45) is 0 Å². The fraction of sp³-hybridized carbons (Fsp3) is 0.417. The van der Waals surface area contributed by atoms with Crippen LogP contribution in [0.15, 0.2) is 18.2 Å². The summed E-state index contributed by atoms with van der Waals surface area (Å²) < 4.78 is 33.7. The molecule has 1 aromatic carbocycles. The van der Waals surface area contributed by atoms with Gasteiger partial charge in [-0.15, -0.1) is 0 Å². The number of benzene rings is 1. The van der Waals surface area contributed by atoms with E-state index < -0.39 is 28.9 Å². The fourth-order valence-corrected chi connectivity index (χ4v) is 1.92. The van der Waals surface area contributed by atoms with Gasteiger partial charge in [0.2, 0.25) is 5.75 Å². The van der Waals surface area contributed by atoms with Gasteiger partial charge in [0.15, 0.2) is 0 Å². The number of carbonyl (C=O) groups excluding carboxylic acids is 1. The second-order valence-electron chi connectivity index (χ2n) is 4.39. The summed E-state index contributed by atoms with van der Waals surface area (Å²) in [4.78, 5) is 23.4. The molecule has 0 atom stereocenters. The first-order valence-corrected chi connectivity index (χ1v) is 5.97. The normalized spacial score (nSPS) is 15.0. The molecule has 0 aromatic heterocycles. The number of ether oxygens (including phenoxy) is 2. The van der Waals surface area contributed by atoms with Crippen LogP contribution in [0.1, 0.15) is 10.4 Å². The predicted molar refractivity (Wildman–Crippen MR) is 66.4 cm³/mol. The lowest BCUT2D eigenvalue weighted by Gasteiger charge is -2.38. The average molecular weight is 302 g/mol. The van der Waals surface area contributed by atoms with E-state index in [0.717, 1.165) is 12.1 Å². The number of nitro benzene ring substituents is 1. The van der Waals surface area contributed by atoms with Gasteiger partial charge in [-0.3, -0.25) is 14.9 Å². The van der Waals surface area contributed by atoms with Crippen LogP contribution in [0, 0.1) is 10.1 Å². The van der Waals surface area contributed by atoms with Gasteiger partial charge in [0, 0.05) is 37.9 Å². The van der Waals surface area contributed by atoms with E-state index in [9.17, 15) is 23.7 Å². The third kappa shape index (κ3) is 3.24. The second kappa shape index (κ2) is 6.00. The number of nitro groups is 1. The molecule has 0 radical (unpaired) electrons. The Kier molecular flexibility index (Phi) is 4.32. The minimum atomic E-state index is -3.21. The standard InChI is InChI=1S/C12H12F2N2O5/c1-20-8-5-15(6-8)11(17)7-2-3-9(16(18)19)10(4-7)21-12(13)14/h2-4,8,12H,5-6H2,1H3. The van der Waals surface area contributed by atoms with Crippen molar-refractivity contribution in [1.29, 1.82) is 0 Å². The Bertz CT molecular complexity index is 561. The van der Waals surface area contributed by atoms with Crippen molar-refractivity contribution in [3.63, 3.8) is 0 Å². The van der Waals surface area contributed by atoms with Crippen molar-refractivity contribution in [2.45, 2.75) is 12.7 Å². The summed E-state index contributed by atoms with van der Waals surface area (Å²) in [5.74, 6) is -1.05. The van der Waals surface area contributed by atoms with Crippen LogP contribution in [-0.2, 0) is 4.74 Å². The van der Waals surface area contributed by atoms with Gasteiger partial charge in [0.25, 0.3) is 5.91 Å². The Morgan fingerprint density at radius 1 is 1.48 bits per heavy atom. The Hall–Kier alpha value is -2.29. The van der Waals surface area contributed by atoms with Gasteiger partial charge in [-0.05, 0) is 6.07 Å². The zero-order valence-corrected chi connectivity index (χ0v) is 11.0. The first-order valence-electron chi connectivity index (χ1n) is 5.97. The molecule has 1 aliphatic rings. The molecule has 1 fully saturated rings. The molecule has 114 valence electrons. The minimum Gasteiger partial charge on any atom is -0.427 e. The number of alkyl halides is 2. The topological polar surface area (TPSA) is 81.9 Å². The van der Waals surface area contributed by atoms with Gasteiger partial charge in [0.05, 0.1) is 11.0 Å². The molecule has 7 nitrogen and oxygen atoms in total. The Balaban J connectivity index is 2.21. The molecule has 1 aromatic rings. The summed E-state index contributed by atoms with van der Waals surface area (Å²) in [5.41, 5.74) is -0.573.